The highest BCUT2D eigenvalue weighted by Crippen LogP contribution is 2.24. The fourth-order valence-corrected chi connectivity index (χ4v) is 3.48. The van der Waals surface area contributed by atoms with Crippen LogP contribution >= 0.6 is 12.2 Å². The molecular weight excluding hydrogens is 356 g/mol. The van der Waals surface area contributed by atoms with E-state index in [0.717, 1.165) is 28.5 Å². The SMILES string of the molecule is COc1ccc(-c2nn(CN(C)Cc3ccccc3)c(=S)n2C(C)C)cc1. The maximum atomic E-state index is 5.73. The molecule has 1 heterocycles. The van der Waals surface area contributed by atoms with Gasteiger partial charge in [-0.1, -0.05) is 30.3 Å². The van der Waals surface area contributed by atoms with E-state index in [1.54, 1.807) is 7.11 Å². The van der Waals surface area contributed by atoms with E-state index in [0.29, 0.717) is 6.67 Å². The molecule has 0 aliphatic rings. The van der Waals surface area contributed by atoms with Gasteiger partial charge in [0.15, 0.2) is 10.6 Å². The molecule has 0 radical (unpaired) electrons. The zero-order valence-electron chi connectivity index (χ0n) is 16.3. The summed E-state index contributed by atoms with van der Waals surface area (Å²) in [6.45, 7) is 5.73. The van der Waals surface area contributed by atoms with Crippen LogP contribution in [0.5, 0.6) is 5.75 Å². The van der Waals surface area contributed by atoms with E-state index in [2.05, 4.69) is 54.6 Å². The molecule has 142 valence electrons. The van der Waals surface area contributed by atoms with Crippen molar-refractivity contribution >= 4 is 12.2 Å². The fourth-order valence-electron chi connectivity index (χ4n) is 3.09. The van der Waals surface area contributed by atoms with Crippen LogP contribution in [0.1, 0.15) is 25.5 Å². The number of hydrogen-bond acceptors (Lipinski definition) is 4. The molecule has 27 heavy (non-hydrogen) atoms. The van der Waals surface area contributed by atoms with Gasteiger partial charge in [-0.2, -0.15) is 5.10 Å². The molecule has 5 nitrogen and oxygen atoms in total. The number of aromatic nitrogens is 3. The molecule has 0 saturated carbocycles. The monoisotopic (exact) mass is 382 g/mol. The lowest BCUT2D eigenvalue weighted by Gasteiger charge is -2.16. The molecular formula is C21H26N4OS. The van der Waals surface area contributed by atoms with Crippen molar-refractivity contribution < 1.29 is 4.74 Å². The van der Waals surface area contributed by atoms with Gasteiger partial charge in [-0.15, -0.1) is 0 Å². The lowest BCUT2D eigenvalue weighted by molar-refractivity contribution is 0.243. The second kappa shape index (κ2) is 8.50. The van der Waals surface area contributed by atoms with Crippen LogP contribution in [0.25, 0.3) is 11.4 Å². The number of benzene rings is 2. The van der Waals surface area contributed by atoms with Gasteiger partial charge in [0.1, 0.15) is 5.75 Å². The minimum Gasteiger partial charge on any atom is -0.497 e. The maximum absolute atomic E-state index is 5.73. The van der Waals surface area contributed by atoms with E-state index in [4.69, 9.17) is 22.1 Å². The Hall–Kier alpha value is -2.44. The van der Waals surface area contributed by atoms with E-state index >= 15 is 0 Å². The highest BCUT2D eigenvalue weighted by Gasteiger charge is 2.16. The van der Waals surface area contributed by atoms with Crippen molar-refractivity contribution in [3.05, 3.63) is 64.9 Å². The van der Waals surface area contributed by atoms with Gasteiger partial charge in [0, 0.05) is 18.2 Å². The Morgan fingerprint density at radius 3 is 2.33 bits per heavy atom. The molecule has 0 unspecified atom stereocenters. The molecule has 3 aromatic rings. The zero-order chi connectivity index (χ0) is 19.4. The Kier molecular flexibility index (Phi) is 6.08. The summed E-state index contributed by atoms with van der Waals surface area (Å²) in [5.74, 6) is 1.71. The van der Waals surface area contributed by atoms with E-state index < -0.39 is 0 Å². The topological polar surface area (TPSA) is 35.2 Å². The third-order valence-corrected chi connectivity index (χ3v) is 4.81. The average Bonchev–Trinajstić information content (AvgIpc) is 2.99. The Bertz CT molecular complexity index is 929. The van der Waals surface area contributed by atoms with Crippen LogP contribution in [-0.4, -0.2) is 33.4 Å². The van der Waals surface area contributed by atoms with Gasteiger partial charge >= 0.3 is 0 Å². The molecule has 1 aromatic heterocycles. The van der Waals surface area contributed by atoms with Crippen molar-refractivity contribution in [3.63, 3.8) is 0 Å². The Morgan fingerprint density at radius 1 is 1.07 bits per heavy atom. The molecule has 0 spiro atoms. The summed E-state index contributed by atoms with van der Waals surface area (Å²) in [6.07, 6.45) is 0. The first kappa shape index (κ1) is 19.3. The summed E-state index contributed by atoms with van der Waals surface area (Å²) in [7, 11) is 3.75. The summed E-state index contributed by atoms with van der Waals surface area (Å²) in [6, 6.07) is 18.6. The quantitative estimate of drug-likeness (QED) is 0.552. The third kappa shape index (κ3) is 4.46. The second-order valence-corrected chi connectivity index (χ2v) is 7.30. The molecule has 0 amide bonds. The number of rotatable bonds is 7. The summed E-state index contributed by atoms with van der Waals surface area (Å²) in [5.41, 5.74) is 2.30. The van der Waals surface area contributed by atoms with Gasteiger partial charge in [0.25, 0.3) is 0 Å². The second-order valence-electron chi connectivity index (χ2n) is 6.94. The van der Waals surface area contributed by atoms with Crippen molar-refractivity contribution in [3.8, 4) is 17.1 Å². The molecule has 0 bridgehead atoms. The van der Waals surface area contributed by atoms with Crippen LogP contribution in [0.2, 0.25) is 0 Å². The Labute approximate surface area is 165 Å². The van der Waals surface area contributed by atoms with Crippen LogP contribution in [0.4, 0.5) is 0 Å². The van der Waals surface area contributed by atoms with E-state index in [9.17, 15) is 0 Å². The van der Waals surface area contributed by atoms with E-state index in [1.165, 1.54) is 5.56 Å². The summed E-state index contributed by atoms with van der Waals surface area (Å²) < 4.78 is 10.00. The Morgan fingerprint density at radius 2 is 1.74 bits per heavy atom. The standard InChI is InChI=1S/C21H26N4OS/c1-16(2)25-20(18-10-12-19(26-4)13-11-18)22-24(21(25)27)15-23(3)14-17-8-6-5-7-9-17/h5-13,16H,14-15H2,1-4H3. The zero-order valence-corrected chi connectivity index (χ0v) is 17.1. The molecule has 0 aliphatic heterocycles. The predicted molar refractivity (Wildman–Crippen MR) is 111 cm³/mol. The minimum atomic E-state index is 0.225. The molecule has 0 fully saturated rings. The van der Waals surface area contributed by atoms with Gasteiger partial charge in [0.05, 0.1) is 13.8 Å². The molecule has 2 aromatic carbocycles. The number of hydrogen-bond donors (Lipinski definition) is 0. The van der Waals surface area contributed by atoms with Crippen molar-refractivity contribution in [1.29, 1.82) is 0 Å². The maximum Gasteiger partial charge on any atom is 0.199 e. The summed E-state index contributed by atoms with van der Waals surface area (Å²) in [5, 5.41) is 4.83. The van der Waals surface area contributed by atoms with Crippen molar-refractivity contribution in [1.82, 2.24) is 19.2 Å². The van der Waals surface area contributed by atoms with Gasteiger partial charge < -0.3 is 4.74 Å². The average molecular weight is 383 g/mol. The van der Waals surface area contributed by atoms with Crippen molar-refractivity contribution in [2.75, 3.05) is 14.2 Å². The third-order valence-electron chi connectivity index (χ3n) is 4.41. The molecule has 6 heteroatoms. The number of nitrogens with zero attached hydrogens (tertiary/aromatic N) is 4. The fraction of sp³-hybridized carbons (Fsp3) is 0.333. The van der Waals surface area contributed by atoms with Gasteiger partial charge in [0.2, 0.25) is 0 Å². The number of ether oxygens (including phenoxy) is 1. The first-order valence-corrected chi connectivity index (χ1v) is 9.46. The normalized spacial score (nSPS) is 11.3. The van der Waals surface area contributed by atoms with Crippen LogP contribution in [0.3, 0.4) is 0 Å². The van der Waals surface area contributed by atoms with Crippen LogP contribution in [0.15, 0.2) is 54.6 Å². The van der Waals surface area contributed by atoms with E-state index in [1.807, 2.05) is 35.0 Å². The lowest BCUT2D eigenvalue weighted by Crippen LogP contribution is -2.22. The van der Waals surface area contributed by atoms with Crippen LogP contribution in [0, 0.1) is 4.77 Å². The van der Waals surface area contributed by atoms with Crippen molar-refractivity contribution in [2.24, 2.45) is 0 Å². The predicted octanol–water partition coefficient (Wildman–Crippen LogP) is 4.76. The highest BCUT2D eigenvalue weighted by molar-refractivity contribution is 7.71. The van der Waals surface area contributed by atoms with Crippen molar-refractivity contribution in [2.45, 2.75) is 33.1 Å². The largest absolute Gasteiger partial charge is 0.497 e. The number of methoxy groups -OCH3 is 1. The summed E-state index contributed by atoms with van der Waals surface area (Å²) in [4.78, 5) is 2.21. The first-order chi connectivity index (χ1) is 13.0. The first-order valence-electron chi connectivity index (χ1n) is 9.06. The molecule has 0 saturated heterocycles. The van der Waals surface area contributed by atoms with Gasteiger partial charge in [-0.05, 0) is 62.9 Å². The molecule has 0 atom stereocenters. The molecule has 0 N–H and O–H groups in total. The molecule has 3 rings (SSSR count). The summed E-state index contributed by atoms with van der Waals surface area (Å²) >= 11 is 5.73. The minimum absolute atomic E-state index is 0.225. The van der Waals surface area contributed by atoms with E-state index in [-0.39, 0.29) is 6.04 Å². The lowest BCUT2D eigenvalue weighted by atomic mass is 10.2. The van der Waals surface area contributed by atoms with Gasteiger partial charge in [-0.25, -0.2) is 4.68 Å². The van der Waals surface area contributed by atoms with Gasteiger partial charge in [-0.3, -0.25) is 9.47 Å². The Balaban J connectivity index is 1.88. The van der Waals surface area contributed by atoms with Crippen LogP contribution < -0.4 is 4.74 Å². The molecule has 0 aliphatic carbocycles. The van der Waals surface area contributed by atoms with Crippen LogP contribution in [-0.2, 0) is 13.2 Å². The smallest absolute Gasteiger partial charge is 0.199 e. The highest BCUT2D eigenvalue weighted by atomic mass is 32.1.